The number of aromatic nitrogens is 1. The van der Waals surface area contributed by atoms with E-state index in [-0.39, 0.29) is 5.82 Å². The Labute approximate surface area is 165 Å². The zero-order valence-corrected chi connectivity index (χ0v) is 16.7. The molecule has 0 aliphatic carbocycles. The van der Waals surface area contributed by atoms with Crippen LogP contribution in [0.15, 0.2) is 30.3 Å². The maximum absolute atomic E-state index is 15.0. The standard InChI is InChI=1S/C23H27FN2O2/c1-4-17-18-11-16(14-7-9-25-10-8-14)12-19(24)23(18)26-22(17)15-5-6-20(27-2)21(13-15)28-3/h5-6,11-14,25-26H,4,7-10H2,1-3H3. The molecule has 1 aromatic heterocycles. The highest BCUT2D eigenvalue weighted by Gasteiger charge is 2.21. The van der Waals surface area contributed by atoms with Crippen molar-refractivity contribution in [1.82, 2.24) is 10.3 Å². The highest BCUT2D eigenvalue weighted by molar-refractivity contribution is 5.92. The van der Waals surface area contributed by atoms with E-state index in [1.807, 2.05) is 18.2 Å². The van der Waals surface area contributed by atoms with E-state index in [0.29, 0.717) is 22.9 Å². The molecule has 0 spiro atoms. The highest BCUT2D eigenvalue weighted by Crippen LogP contribution is 2.38. The first-order valence-corrected chi connectivity index (χ1v) is 9.93. The van der Waals surface area contributed by atoms with Crippen LogP contribution in [0.25, 0.3) is 22.2 Å². The minimum Gasteiger partial charge on any atom is -0.493 e. The molecular weight excluding hydrogens is 355 g/mol. The Morgan fingerprint density at radius 3 is 2.46 bits per heavy atom. The molecule has 2 aromatic carbocycles. The Kier molecular flexibility index (Phi) is 5.27. The minimum absolute atomic E-state index is 0.174. The number of benzene rings is 2. The first-order valence-electron chi connectivity index (χ1n) is 9.93. The average Bonchev–Trinajstić information content (AvgIpc) is 3.13. The van der Waals surface area contributed by atoms with Crippen LogP contribution in [0.4, 0.5) is 4.39 Å². The molecule has 0 radical (unpaired) electrons. The number of hydrogen-bond acceptors (Lipinski definition) is 3. The van der Waals surface area contributed by atoms with Crippen LogP contribution >= 0.6 is 0 Å². The zero-order chi connectivity index (χ0) is 19.7. The third-order valence-corrected chi connectivity index (χ3v) is 5.83. The summed E-state index contributed by atoms with van der Waals surface area (Å²) in [6.07, 6.45) is 2.93. The molecule has 4 rings (SSSR count). The van der Waals surface area contributed by atoms with Gasteiger partial charge in [-0.15, -0.1) is 0 Å². The SMILES string of the molecule is CCc1c(-c2ccc(OC)c(OC)c2)[nH]c2c(F)cc(C3CCNCC3)cc12. The summed E-state index contributed by atoms with van der Waals surface area (Å²) in [6.45, 7) is 4.10. The lowest BCUT2D eigenvalue weighted by Gasteiger charge is -2.23. The van der Waals surface area contributed by atoms with Gasteiger partial charge in [0.1, 0.15) is 5.82 Å². The number of piperidine rings is 1. The molecule has 2 heterocycles. The number of H-pyrrole nitrogens is 1. The number of ether oxygens (including phenoxy) is 2. The van der Waals surface area contributed by atoms with Crippen molar-refractivity contribution in [2.24, 2.45) is 0 Å². The Hall–Kier alpha value is -2.53. The monoisotopic (exact) mass is 382 g/mol. The molecule has 1 saturated heterocycles. The van der Waals surface area contributed by atoms with Crippen LogP contribution in [-0.2, 0) is 6.42 Å². The number of fused-ring (bicyclic) bond motifs is 1. The number of rotatable bonds is 5. The summed E-state index contributed by atoms with van der Waals surface area (Å²) in [5, 5.41) is 4.37. The van der Waals surface area contributed by atoms with E-state index in [1.165, 1.54) is 0 Å². The lowest BCUT2D eigenvalue weighted by molar-refractivity contribution is 0.355. The summed E-state index contributed by atoms with van der Waals surface area (Å²) in [4.78, 5) is 3.33. The number of halogens is 1. The van der Waals surface area contributed by atoms with Crippen LogP contribution in [0.3, 0.4) is 0 Å². The van der Waals surface area contributed by atoms with E-state index in [2.05, 4.69) is 23.3 Å². The molecule has 0 unspecified atom stereocenters. The fourth-order valence-corrected chi connectivity index (χ4v) is 4.32. The van der Waals surface area contributed by atoms with Gasteiger partial charge in [-0.25, -0.2) is 4.39 Å². The molecule has 5 heteroatoms. The maximum Gasteiger partial charge on any atom is 0.161 e. The molecule has 4 nitrogen and oxygen atoms in total. The first kappa shape index (κ1) is 18.8. The van der Waals surface area contributed by atoms with E-state index in [4.69, 9.17) is 9.47 Å². The summed E-state index contributed by atoms with van der Waals surface area (Å²) < 4.78 is 25.8. The molecule has 0 saturated carbocycles. The van der Waals surface area contributed by atoms with Crippen LogP contribution in [0.5, 0.6) is 11.5 Å². The number of methoxy groups -OCH3 is 2. The quantitative estimate of drug-likeness (QED) is 0.651. The molecule has 28 heavy (non-hydrogen) atoms. The van der Waals surface area contributed by atoms with Gasteiger partial charge in [0.2, 0.25) is 0 Å². The fourth-order valence-electron chi connectivity index (χ4n) is 4.32. The summed E-state index contributed by atoms with van der Waals surface area (Å²) in [6, 6.07) is 9.71. The van der Waals surface area contributed by atoms with Crippen molar-refractivity contribution in [3.05, 3.63) is 47.3 Å². The lowest BCUT2D eigenvalue weighted by atomic mass is 9.89. The van der Waals surface area contributed by atoms with Crippen LogP contribution in [0.2, 0.25) is 0 Å². The second-order valence-corrected chi connectivity index (χ2v) is 7.35. The molecule has 1 fully saturated rings. The average molecular weight is 382 g/mol. The maximum atomic E-state index is 15.0. The van der Waals surface area contributed by atoms with E-state index in [9.17, 15) is 0 Å². The van der Waals surface area contributed by atoms with Crippen LogP contribution < -0.4 is 14.8 Å². The molecule has 1 aliphatic heterocycles. The van der Waals surface area contributed by atoms with Crippen LogP contribution in [-0.4, -0.2) is 32.3 Å². The topological polar surface area (TPSA) is 46.3 Å². The third kappa shape index (κ3) is 3.24. The van der Waals surface area contributed by atoms with Gasteiger partial charge < -0.3 is 19.8 Å². The Bertz CT molecular complexity index is 990. The van der Waals surface area contributed by atoms with Gasteiger partial charge in [0.25, 0.3) is 0 Å². The van der Waals surface area contributed by atoms with Gasteiger partial charge in [-0.05, 0) is 79.7 Å². The van der Waals surface area contributed by atoms with Crippen molar-refractivity contribution < 1.29 is 13.9 Å². The molecule has 0 amide bonds. The molecule has 0 bridgehead atoms. The summed E-state index contributed by atoms with van der Waals surface area (Å²) in [7, 11) is 3.24. The van der Waals surface area contributed by atoms with E-state index in [1.54, 1.807) is 20.3 Å². The third-order valence-electron chi connectivity index (χ3n) is 5.83. The van der Waals surface area contributed by atoms with Gasteiger partial charge in [0.15, 0.2) is 11.5 Å². The van der Waals surface area contributed by atoms with Crippen LogP contribution in [0, 0.1) is 5.82 Å². The smallest absolute Gasteiger partial charge is 0.161 e. The molecule has 0 atom stereocenters. The van der Waals surface area contributed by atoms with Crippen LogP contribution in [0.1, 0.15) is 36.8 Å². The molecular formula is C23H27FN2O2. The number of nitrogens with one attached hydrogen (secondary N) is 2. The largest absolute Gasteiger partial charge is 0.493 e. The van der Waals surface area contributed by atoms with Crippen molar-refractivity contribution in [2.75, 3.05) is 27.3 Å². The minimum atomic E-state index is -0.174. The first-order chi connectivity index (χ1) is 13.7. The van der Waals surface area contributed by atoms with E-state index >= 15 is 4.39 Å². The predicted octanol–water partition coefficient (Wildman–Crippen LogP) is 5.02. The van der Waals surface area contributed by atoms with Crippen molar-refractivity contribution >= 4 is 10.9 Å². The summed E-state index contributed by atoms with van der Waals surface area (Å²) in [5.74, 6) is 1.59. The zero-order valence-electron chi connectivity index (χ0n) is 16.7. The normalized spacial score (nSPS) is 15.1. The lowest BCUT2D eigenvalue weighted by Crippen LogP contribution is -2.26. The van der Waals surface area contributed by atoms with Gasteiger partial charge in [0, 0.05) is 16.6 Å². The Morgan fingerprint density at radius 1 is 1.04 bits per heavy atom. The van der Waals surface area contributed by atoms with E-state index in [0.717, 1.165) is 60.1 Å². The predicted molar refractivity (Wildman–Crippen MR) is 111 cm³/mol. The summed E-state index contributed by atoms with van der Waals surface area (Å²) >= 11 is 0. The number of aromatic amines is 1. The van der Waals surface area contributed by atoms with Crippen molar-refractivity contribution in [3.8, 4) is 22.8 Å². The van der Waals surface area contributed by atoms with Gasteiger partial charge in [-0.3, -0.25) is 0 Å². The van der Waals surface area contributed by atoms with Gasteiger partial charge in [-0.2, -0.15) is 0 Å². The molecule has 2 N–H and O–H groups in total. The Morgan fingerprint density at radius 2 is 1.79 bits per heavy atom. The fraction of sp³-hybridized carbons (Fsp3) is 0.391. The number of aryl methyl sites for hydroxylation is 1. The summed E-state index contributed by atoms with van der Waals surface area (Å²) in [5.41, 5.74) is 4.74. The number of hydrogen-bond donors (Lipinski definition) is 2. The molecule has 1 aliphatic rings. The van der Waals surface area contributed by atoms with Gasteiger partial charge in [0.05, 0.1) is 19.7 Å². The second kappa shape index (κ2) is 7.84. The van der Waals surface area contributed by atoms with Gasteiger partial charge >= 0.3 is 0 Å². The molecule has 148 valence electrons. The van der Waals surface area contributed by atoms with Crippen molar-refractivity contribution in [2.45, 2.75) is 32.1 Å². The van der Waals surface area contributed by atoms with Gasteiger partial charge in [-0.1, -0.05) is 6.92 Å². The van der Waals surface area contributed by atoms with E-state index < -0.39 is 0 Å². The van der Waals surface area contributed by atoms with Crippen molar-refractivity contribution in [1.29, 1.82) is 0 Å². The highest BCUT2D eigenvalue weighted by atomic mass is 19.1. The second-order valence-electron chi connectivity index (χ2n) is 7.35. The Balaban J connectivity index is 1.85. The molecule has 3 aromatic rings. The van der Waals surface area contributed by atoms with Crippen molar-refractivity contribution in [3.63, 3.8) is 0 Å².